The van der Waals surface area contributed by atoms with E-state index >= 15 is 0 Å². The van der Waals surface area contributed by atoms with Gasteiger partial charge in [0.1, 0.15) is 5.75 Å². The van der Waals surface area contributed by atoms with Crippen molar-refractivity contribution in [2.45, 2.75) is 32.7 Å². The van der Waals surface area contributed by atoms with Gasteiger partial charge in [0.25, 0.3) is 5.91 Å². The summed E-state index contributed by atoms with van der Waals surface area (Å²) in [6.45, 7) is 6.50. The van der Waals surface area contributed by atoms with E-state index in [4.69, 9.17) is 9.84 Å². The molecule has 26 heavy (non-hydrogen) atoms. The Morgan fingerprint density at radius 1 is 1.00 bits per heavy atom. The van der Waals surface area contributed by atoms with E-state index in [2.05, 4.69) is 20.8 Å². The average Bonchev–Trinajstić information content (AvgIpc) is 2.59. The smallest absolute Gasteiger partial charge is 0.341 e. The molecule has 5 nitrogen and oxygen atoms in total. The Morgan fingerprint density at radius 3 is 2.08 bits per heavy atom. The van der Waals surface area contributed by atoms with Crippen molar-refractivity contribution >= 4 is 11.9 Å². The largest absolute Gasteiger partial charge is 0.482 e. The molecule has 0 heterocycles. The molecule has 0 saturated heterocycles. The lowest BCUT2D eigenvalue weighted by Gasteiger charge is -2.21. The van der Waals surface area contributed by atoms with Crippen LogP contribution in [0, 0.1) is 0 Å². The number of carboxylic acid groups (broad SMARTS) is 1. The number of rotatable bonds is 6. The first kappa shape index (κ1) is 19.5. The minimum atomic E-state index is -1.02. The molecule has 0 aliphatic rings. The number of aliphatic carboxylic acids is 1. The number of benzene rings is 2. The summed E-state index contributed by atoms with van der Waals surface area (Å²) in [5, 5.41) is 8.61. The Morgan fingerprint density at radius 2 is 1.58 bits per heavy atom. The lowest BCUT2D eigenvalue weighted by atomic mass is 9.86. The molecule has 0 radical (unpaired) electrons. The third-order valence-corrected chi connectivity index (χ3v) is 4.05. The summed E-state index contributed by atoms with van der Waals surface area (Å²) in [5.74, 6) is -0.573. The number of carboxylic acids is 1. The van der Waals surface area contributed by atoms with Crippen molar-refractivity contribution in [3.8, 4) is 5.75 Å². The summed E-state index contributed by atoms with van der Waals surface area (Å²) in [6.07, 6.45) is 0. The highest BCUT2D eigenvalue weighted by Crippen LogP contribution is 2.22. The first-order chi connectivity index (χ1) is 12.2. The lowest BCUT2D eigenvalue weighted by Crippen LogP contribution is -2.26. The van der Waals surface area contributed by atoms with E-state index < -0.39 is 5.97 Å². The summed E-state index contributed by atoms with van der Waals surface area (Å²) in [7, 11) is 1.76. The maximum Gasteiger partial charge on any atom is 0.341 e. The molecule has 0 fully saturated rings. The molecule has 0 atom stereocenters. The quantitative estimate of drug-likeness (QED) is 0.857. The van der Waals surface area contributed by atoms with Crippen LogP contribution in [0.2, 0.25) is 0 Å². The molecular formula is C21H25NO4. The fraction of sp³-hybridized carbons (Fsp3) is 0.333. The predicted molar refractivity (Wildman–Crippen MR) is 101 cm³/mol. The molecule has 2 aromatic rings. The van der Waals surface area contributed by atoms with Gasteiger partial charge in [0.2, 0.25) is 0 Å². The normalized spacial score (nSPS) is 11.1. The minimum absolute atomic E-state index is 0.0448. The Labute approximate surface area is 154 Å². The molecule has 138 valence electrons. The molecule has 0 aliphatic carbocycles. The second kappa shape index (κ2) is 8.04. The third-order valence-electron chi connectivity index (χ3n) is 4.05. The highest BCUT2D eigenvalue weighted by atomic mass is 16.5. The second-order valence-corrected chi connectivity index (χ2v) is 7.31. The maximum atomic E-state index is 12.6. The van der Waals surface area contributed by atoms with E-state index in [1.165, 1.54) is 5.56 Å². The summed E-state index contributed by atoms with van der Waals surface area (Å²) in [6, 6.07) is 14.8. The van der Waals surface area contributed by atoms with Crippen LogP contribution in [-0.2, 0) is 16.8 Å². The van der Waals surface area contributed by atoms with Gasteiger partial charge in [-0.3, -0.25) is 4.79 Å². The number of carbonyl (C=O) groups is 2. The molecule has 5 heteroatoms. The van der Waals surface area contributed by atoms with Gasteiger partial charge >= 0.3 is 5.97 Å². The number of amides is 1. The molecule has 1 amide bonds. The molecule has 0 spiro atoms. The number of carbonyl (C=O) groups excluding carboxylic acids is 1. The molecule has 0 aliphatic heterocycles. The summed E-state index contributed by atoms with van der Waals surface area (Å²) in [4.78, 5) is 24.7. The van der Waals surface area contributed by atoms with Crippen LogP contribution in [0.3, 0.4) is 0 Å². The van der Waals surface area contributed by atoms with E-state index in [0.29, 0.717) is 17.9 Å². The van der Waals surface area contributed by atoms with E-state index in [1.54, 1.807) is 24.1 Å². The zero-order valence-electron chi connectivity index (χ0n) is 15.7. The third kappa shape index (κ3) is 5.34. The minimum Gasteiger partial charge on any atom is -0.482 e. The van der Waals surface area contributed by atoms with E-state index in [1.807, 2.05) is 36.4 Å². The Balaban J connectivity index is 1.99. The number of hydrogen-bond donors (Lipinski definition) is 1. The number of hydrogen-bond acceptors (Lipinski definition) is 3. The average molecular weight is 355 g/mol. The van der Waals surface area contributed by atoms with Crippen molar-refractivity contribution in [1.29, 1.82) is 0 Å². The van der Waals surface area contributed by atoms with Crippen LogP contribution in [-0.4, -0.2) is 35.5 Å². The van der Waals surface area contributed by atoms with Gasteiger partial charge in [-0.25, -0.2) is 4.79 Å². The van der Waals surface area contributed by atoms with Gasteiger partial charge in [0, 0.05) is 19.2 Å². The SMILES string of the molecule is CN(Cc1ccc(OCC(=O)O)cc1)C(=O)c1ccc(C(C)(C)C)cc1. The fourth-order valence-corrected chi connectivity index (χ4v) is 2.52. The summed E-state index contributed by atoms with van der Waals surface area (Å²) in [5.41, 5.74) is 2.84. The van der Waals surface area contributed by atoms with Crippen molar-refractivity contribution < 1.29 is 19.4 Å². The molecule has 1 N–H and O–H groups in total. The topological polar surface area (TPSA) is 66.8 Å². The molecule has 0 saturated carbocycles. The van der Waals surface area contributed by atoms with Crippen LogP contribution >= 0.6 is 0 Å². The van der Waals surface area contributed by atoms with Gasteiger partial charge in [0.15, 0.2) is 6.61 Å². The summed E-state index contributed by atoms with van der Waals surface area (Å²) >= 11 is 0. The van der Waals surface area contributed by atoms with Gasteiger partial charge in [-0.05, 0) is 40.8 Å². The molecule has 0 bridgehead atoms. The van der Waals surface area contributed by atoms with E-state index in [0.717, 1.165) is 5.56 Å². The molecule has 2 rings (SSSR count). The van der Waals surface area contributed by atoms with Crippen LogP contribution in [0.4, 0.5) is 0 Å². The van der Waals surface area contributed by atoms with Gasteiger partial charge < -0.3 is 14.7 Å². The maximum absolute atomic E-state index is 12.6. The Hall–Kier alpha value is -2.82. The first-order valence-corrected chi connectivity index (χ1v) is 8.46. The second-order valence-electron chi connectivity index (χ2n) is 7.31. The molecular weight excluding hydrogens is 330 g/mol. The molecule has 0 aromatic heterocycles. The first-order valence-electron chi connectivity index (χ1n) is 8.46. The number of nitrogens with zero attached hydrogens (tertiary/aromatic N) is 1. The molecule has 2 aromatic carbocycles. The highest BCUT2D eigenvalue weighted by Gasteiger charge is 2.16. The van der Waals surface area contributed by atoms with E-state index in [9.17, 15) is 9.59 Å². The Bertz CT molecular complexity index is 758. The van der Waals surface area contributed by atoms with Gasteiger partial charge in [-0.1, -0.05) is 45.0 Å². The highest BCUT2D eigenvalue weighted by molar-refractivity contribution is 5.94. The van der Waals surface area contributed by atoms with Crippen LogP contribution < -0.4 is 4.74 Å². The summed E-state index contributed by atoms with van der Waals surface area (Å²) < 4.78 is 5.10. The van der Waals surface area contributed by atoms with Crippen molar-refractivity contribution in [2.75, 3.05) is 13.7 Å². The predicted octanol–water partition coefficient (Wildman–Crippen LogP) is 3.72. The van der Waals surface area contributed by atoms with Crippen molar-refractivity contribution in [3.63, 3.8) is 0 Å². The fourth-order valence-electron chi connectivity index (χ4n) is 2.52. The van der Waals surface area contributed by atoms with Gasteiger partial charge in [-0.2, -0.15) is 0 Å². The lowest BCUT2D eigenvalue weighted by molar-refractivity contribution is -0.139. The standard InChI is InChI=1S/C21H25NO4/c1-21(2,3)17-9-7-16(8-10-17)20(25)22(4)13-15-5-11-18(12-6-15)26-14-19(23)24/h5-12H,13-14H2,1-4H3,(H,23,24). The van der Waals surface area contributed by atoms with Crippen molar-refractivity contribution in [2.24, 2.45) is 0 Å². The number of ether oxygens (including phenoxy) is 1. The van der Waals surface area contributed by atoms with Gasteiger partial charge in [-0.15, -0.1) is 0 Å². The Kier molecular flexibility index (Phi) is 6.03. The zero-order chi connectivity index (χ0) is 19.3. The van der Waals surface area contributed by atoms with Crippen LogP contribution in [0.5, 0.6) is 5.75 Å². The van der Waals surface area contributed by atoms with E-state index in [-0.39, 0.29) is 17.9 Å². The van der Waals surface area contributed by atoms with Crippen LogP contribution in [0.25, 0.3) is 0 Å². The van der Waals surface area contributed by atoms with Crippen molar-refractivity contribution in [1.82, 2.24) is 4.90 Å². The monoisotopic (exact) mass is 355 g/mol. The van der Waals surface area contributed by atoms with Crippen LogP contribution in [0.15, 0.2) is 48.5 Å². The van der Waals surface area contributed by atoms with Gasteiger partial charge in [0.05, 0.1) is 0 Å². The van der Waals surface area contributed by atoms with Crippen molar-refractivity contribution in [3.05, 3.63) is 65.2 Å². The zero-order valence-corrected chi connectivity index (χ0v) is 15.7. The molecule has 0 unspecified atom stereocenters. The van der Waals surface area contributed by atoms with Crippen LogP contribution in [0.1, 0.15) is 42.3 Å².